The minimum absolute atomic E-state index is 0.260. The number of carbonyl (C=O) groups is 1. The summed E-state index contributed by atoms with van der Waals surface area (Å²) in [6.45, 7) is 2.56. The van der Waals surface area contributed by atoms with Gasteiger partial charge >= 0.3 is 5.97 Å². The lowest BCUT2D eigenvalue weighted by Crippen LogP contribution is -2.38. The van der Waals surface area contributed by atoms with Gasteiger partial charge in [0.15, 0.2) is 0 Å². The van der Waals surface area contributed by atoms with Gasteiger partial charge in [0.25, 0.3) is 10.0 Å². The number of aliphatic carboxylic acids is 1. The van der Waals surface area contributed by atoms with Gasteiger partial charge in [-0.2, -0.15) is 0 Å². The largest absolute Gasteiger partial charge is 0.481 e. The van der Waals surface area contributed by atoms with Crippen LogP contribution in [0.2, 0.25) is 0 Å². The summed E-state index contributed by atoms with van der Waals surface area (Å²) in [5.74, 6) is -0.980. The topological polar surface area (TPSA) is 87.2 Å². The lowest BCUT2D eigenvalue weighted by molar-refractivity contribution is -0.143. The van der Waals surface area contributed by atoms with Crippen LogP contribution in [0.15, 0.2) is 53.4 Å². The van der Waals surface area contributed by atoms with Crippen LogP contribution in [0.25, 0.3) is 0 Å². The Morgan fingerprint density at radius 1 is 1.07 bits per heavy atom. The second-order valence-electron chi connectivity index (χ2n) is 7.77. The summed E-state index contributed by atoms with van der Waals surface area (Å²) in [4.78, 5) is 13.6. The number of carboxylic acids is 1. The summed E-state index contributed by atoms with van der Waals surface area (Å²) in [5, 5.41) is 9.15. The molecule has 4 rings (SSSR count). The molecule has 0 spiro atoms. The molecule has 1 unspecified atom stereocenters. The first-order valence-corrected chi connectivity index (χ1v) is 11.6. The van der Waals surface area contributed by atoms with Crippen molar-refractivity contribution in [3.05, 3.63) is 59.7 Å². The number of carboxylic acid groups (broad SMARTS) is 1. The average molecular weight is 431 g/mol. The van der Waals surface area contributed by atoms with E-state index in [4.69, 9.17) is 9.84 Å². The van der Waals surface area contributed by atoms with E-state index >= 15 is 0 Å². The Kier molecular flexibility index (Phi) is 5.81. The molecule has 1 saturated heterocycles. The number of anilines is 1. The van der Waals surface area contributed by atoms with E-state index in [2.05, 4.69) is 4.90 Å². The van der Waals surface area contributed by atoms with Gasteiger partial charge in [-0.25, -0.2) is 8.42 Å². The smallest absolute Gasteiger partial charge is 0.306 e. The Hall–Kier alpha value is -2.42. The Balaban J connectivity index is 1.56. The third-order valence-electron chi connectivity index (χ3n) is 6.03. The molecule has 160 valence electrons. The summed E-state index contributed by atoms with van der Waals surface area (Å²) in [7, 11) is -2.11. The molecule has 0 bridgehead atoms. The number of fused-ring (bicyclic) bond motifs is 2. The number of hydrogen-bond acceptors (Lipinski definition) is 5. The number of benzene rings is 2. The monoisotopic (exact) mass is 430 g/mol. The number of nitrogens with zero attached hydrogens (tertiary/aromatic N) is 2. The molecule has 2 heterocycles. The first kappa shape index (κ1) is 20.8. The maximum atomic E-state index is 13.2. The Morgan fingerprint density at radius 2 is 1.70 bits per heavy atom. The summed E-state index contributed by atoms with van der Waals surface area (Å²) < 4.78 is 33.9. The SMILES string of the molecule is CN1c2ccccc2C(OCCN2CCC(C(=O)O)CC2)c2ccccc2S1(=O)=O. The Morgan fingerprint density at radius 3 is 2.40 bits per heavy atom. The first-order valence-electron chi connectivity index (χ1n) is 10.1. The molecule has 1 fully saturated rings. The molecule has 2 aromatic carbocycles. The number of piperidine rings is 1. The molecule has 7 nitrogen and oxygen atoms in total. The van der Waals surface area contributed by atoms with Crippen molar-refractivity contribution < 1.29 is 23.1 Å². The summed E-state index contributed by atoms with van der Waals surface area (Å²) in [5.41, 5.74) is 2.07. The average Bonchev–Trinajstić information content (AvgIpc) is 2.82. The quantitative estimate of drug-likeness (QED) is 0.785. The van der Waals surface area contributed by atoms with Crippen molar-refractivity contribution in [2.45, 2.75) is 23.8 Å². The van der Waals surface area contributed by atoms with Crippen molar-refractivity contribution in [1.82, 2.24) is 4.90 Å². The summed E-state index contributed by atoms with van der Waals surface area (Å²) >= 11 is 0. The molecule has 1 N–H and O–H groups in total. The number of likely N-dealkylation sites (tertiary alicyclic amines) is 1. The second kappa shape index (κ2) is 8.37. The van der Waals surface area contributed by atoms with Crippen LogP contribution in [0, 0.1) is 5.92 Å². The highest BCUT2D eigenvalue weighted by atomic mass is 32.2. The molecule has 0 amide bonds. The molecule has 0 radical (unpaired) electrons. The fourth-order valence-corrected chi connectivity index (χ4v) is 5.70. The maximum Gasteiger partial charge on any atom is 0.306 e. The molecule has 30 heavy (non-hydrogen) atoms. The fraction of sp³-hybridized carbons (Fsp3) is 0.409. The van der Waals surface area contributed by atoms with Crippen molar-refractivity contribution in [2.75, 3.05) is 37.6 Å². The van der Waals surface area contributed by atoms with Gasteiger partial charge < -0.3 is 14.7 Å². The molecular formula is C22H26N2O5S. The first-order chi connectivity index (χ1) is 14.4. The van der Waals surface area contributed by atoms with E-state index in [9.17, 15) is 13.2 Å². The van der Waals surface area contributed by atoms with Crippen molar-refractivity contribution in [1.29, 1.82) is 0 Å². The zero-order valence-electron chi connectivity index (χ0n) is 16.9. The predicted molar refractivity (Wildman–Crippen MR) is 113 cm³/mol. The van der Waals surface area contributed by atoms with Crippen molar-refractivity contribution in [3.63, 3.8) is 0 Å². The van der Waals surface area contributed by atoms with E-state index < -0.39 is 22.1 Å². The lowest BCUT2D eigenvalue weighted by atomic mass is 9.97. The lowest BCUT2D eigenvalue weighted by Gasteiger charge is -2.30. The molecule has 2 aliphatic heterocycles. The van der Waals surface area contributed by atoms with Gasteiger partial charge in [-0.1, -0.05) is 36.4 Å². The molecule has 0 aliphatic carbocycles. The van der Waals surface area contributed by atoms with Crippen LogP contribution in [0.4, 0.5) is 5.69 Å². The molecule has 2 aliphatic rings. The van der Waals surface area contributed by atoms with Crippen LogP contribution in [0.1, 0.15) is 30.1 Å². The van der Waals surface area contributed by atoms with Crippen molar-refractivity contribution >= 4 is 21.7 Å². The van der Waals surface area contributed by atoms with Crippen molar-refractivity contribution in [3.8, 4) is 0 Å². The fourth-order valence-electron chi connectivity index (χ4n) is 4.26. The standard InChI is InChI=1S/C22H26N2O5S/c1-23-19-8-4-2-6-17(19)21(18-7-3-5-9-20(18)30(23,27)28)29-15-14-24-12-10-16(11-13-24)22(25)26/h2-9,16,21H,10-15H2,1H3,(H,25,26). The highest BCUT2D eigenvalue weighted by Gasteiger charge is 2.35. The molecule has 0 aromatic heterocycles. The van der Waals surface area contributed by atoms with E-state index in [1.165, 1.54) is 4.31 Å². The highest BCUT2D eigenvalue weighted by molar-refractivity contribution is 7.92. The van der Waals surface area contributed by atoms with E-state index in [1.807, 2.05) is 30.3 Å². The van der Waals surface area contributed by atoms with E-state index in [0.717, 1.165) is 18.7 Å². The van der Waals surface area contributed by atoms with Gasteiger partial charge in [0.1, 0.15) is 6.10 Å². The summed E-state index contributed by atoms with van der Waals surface area (Å²) in [6, 6.07) is 14.4. The molecule has 8 heteroatoms. The number of ether oxygens (including phenoxy) is 1. The van der Waals surface area contributed by atoms with Crippen LogP contribution in [0.3, 0.4) is 0 Å². The van der Waals surface area contributed by atoms with Gasteiger partial charge in [-0.05, 0) is 38.1 Å². The Bertz CT molecular complexity index is 1030. The van der Waals surface area contributed by atoms with Crippen LogP contribution in [0.5, 0.6) is 0 Å². The summed E-state index contributed by atoms with van der Waals surface area (Å²) in [6.07, 6.45) is 0.801. The minimum Gasteiger partial charge on any atom is -0.481 e. The van der Waals surface area contributed by atoms with E-state index in [0.29, 0.717) is 37.2 Å². The third-order valence-corrected chi connectivity index (χ3v) is 7.87. The van der Waals surface area contributed by atoms with Crippen LogP contribution < -0.4 is 4.31 Å². The van der Waals surface area contributed by atoms with E-state index in [-0.39, 0.29) is 10.8 Å². The zero-order valence-corrected chi connectivity index (χ0v) is 17.7. The maximum absolute atomic E-state index is 13.2. The van der Waals surface area contributed by atoms with Crippen LogP contribution in [-0.2, 0) is 19.6 Å². The van der Waals surface area contributed by atoms with Gasteiger partial charge in [-0.15, -0.1) is 0 Å². The molecule has 1 atom stereocenters. The zero-order chi connectivity index (χ0) is 21.3. The number of para-hydroxylation sites is 1. The second-order valence-corrected chi connectivity index (χ2v) is 9.71. The van der Waals surface area contributed by atoms with E-state index in [1.54, 1.807) is 25.2 Å². The third kappa shape index (κ3) is 3.82. The highest BCUT2D eigenvalue weighted by Crippen LogP contribution is 2.41. The Labute approximate surface area is 176 Å². The molecule has 0 saturated carbocycles. The number of sulfonamides is 1. The van der Waals surface area contributed by atoms with Gasteiger partial charge in [0.05, 0.1) is 23.1 Å². The van der Waals surface area contributed by atoms with Gasteiger partial charge in [0, 0.05) is 24.7 Å². The predicted octanol–water partition coefficient (Wildman–Crippen LogP) is 2.73. The van der Waals surface area contributed by atoms with Gasteiger partial charge in [0.2, 0.25) is 0 Å². The minimum atomic E-state index is -3.68. The normalized spacial score (nSPS) is 21.5. The number of rotatable bonds is 5. The molecular weight excluding hydrogens is 404 g/mol. The molecule has 2 aromatic rings. The van der Waals surface area contributed by atoms with Crippen molar-refractivity contribution in [2.24, 2.45) is 5.92 Å². The van der Waals surface area contributed by atoms with Gasteiger partial charge in [-0.3, -0.25) is 9.10 Å². The number of hydrogen-bond donors (Lipinski definition) is 1. The van der Waals surface area contributed by atoms with Crippen LogP contribution in [-0.4, -0.2) is 57.7 Å². The van der Waals surface area contributed by atoms with Crippen LogP contribution >= 0.6 is 0 Å².